The standard InChI is InChI=1S/C21H44N6O7/c22-10-4-1-7-16(25)13-32-19(28)26-17(8-2-5-11-23)14-33-20(29)27-18(9-3-6-12-24)15-34-21(30)31/h16-18H,1-15,22-25H2,(H,26,28)(H,27,29)(H,30,31)/t16-,17+,18+/m1/s1. The molecule has 0 unspecified atom stereocenters. The Kier molecular flexibility index (Phi) is 19.7. The number of rotatable bonds is 20. The number of nitrogens with two attached hydrogens (primary N) is 4. The third kappa shape index (κ3) is 19.1. The third-order valence-corrected chi connectivity index (χ3v) is 4.94. The second-order valence-electron chi connectivity index (χ2n) is 8.07. The van der Waals surface area contributed by atoms with Crippen molar-refractivity contribution >= 4 is 18.3 Å². The molecule has 0 aliphatic heterocycles. The van der Waals surface area contributed by atoms with E-state index < -0.39 is 30.4 Å². The molecule has 0 saturated heterocycles. The van der Waals surface area contributed by atoms with Gasteiger partial charge in [0.05, 0.1) is 12.1 Å². The van der Waals surface area contributed by atoms with E-state index in [9.17, 15) is 14.4 Å². The number of carbonyl (C=O) groups is 3. The zero-order valence-corrected chi connectivity index (χ0v) is 20.0. The lowest BCUT2D eigenvalue weighted by Crippen LogP contribution is -2.43. The molecule has 0 saturated carbocycles. The van der Waals surface area contributed by atoms with E-state index in [1.807, 2.05) is 0 Å². The number of carboxylic acid groups (broad SMARTS) is 1. The van der Waals surface area contributed by atoms with Crippen LogP contribution in [0.4, 0.5) is 14.4 Å². The summed E-state index contributed by atoms with van der Waals surface area (Å²) in [6.07, 6.45) is 3.50. The van der Waals surface area contributed by atoms with Gasteiger partial charge in [0.2, 0.25) is 0 Å². The highest BCUT2D eigenvalue weighted by molar-refractivity contribution is 5.69. The summed E-state index contributed by atoms with van der Waals surface area (Å²) in [6.45, 7) is 1.36. The monoisotopic (exact) mass is 492 g/mol. The minimum absolute atomic E-state index is 0.0708. The van der Waals surface area contributed by atoms with Gasteiger partial charge in [-0.15, -0.1) is 0 Å². The van der Waals surface area contributed by atoms with Gasteiger partial charge in [0, 0.05) is 6.04 Å². The van der Waals surface area contributed by atoms with Crippen molar-refractivity contribution in [3.8, 4) is 0 Å². The van der Waals surface area contributed by atoms with E-state index >= 15 is 0 Å². The van der Waals surface area contributed by atoms with Crippen LogP contribution in [0.5, 0.6) is 0 Å². The molecule has 0 radical (unpaired) electrons. The molecule has 0 aromatic rings. The van der Waals surface area contributed by atoms with Crippen LogP contribution in [0.2, 0.25) is 0 Å². The van der Waals surface area contributed by atoms with E-state index in [1.54, 1.807) is 0 Å². The first-order valence-corrected chi connectivity index (χ1v) is 11.9. The average molecular weight is 493 g/mol. The summed E-state index contributed by atoms with van der Waals surface area (Å²) in [7, 11) is 0. The van der Waals surface area contributed by atoms with E-state index in [-0.39, 0.29) is 25.9 Å². The molecule has 0 aromatic heterocycles. The van der Waals surface area contributed by atoms with Gasteiger partial charge in [-0.3, -0.25) is 0 Å². The number of unbranched alkanes of at least 4 members (excludes halogenated alkanes) is 3. The fraction of sp³-hybridized carbons (Fsp3) is 0.857. The highest BCUT2D eigenvalue weighted by atomic mass is 16.7. The molecule has 13 heteroatoms. The fourth-order valence-electron chi connectivity index (χ4n) is 3.05. The molecular formula is C21H44N6O7. The van der Waals surface area contributed by atoms with Crippen molar-refractivity contribution in [2.45, 2.75) is 75.9 Å². The van der Waals surface area contributed by atoms with E-state index in [1.165, 1.54) is 0 Å². The van der Waals surface area contributed by atoms with E-state index in [0.717, 1.165) is 32.1 Å². The highest BCUT2D eigenvalue weighted by Gasteiger charge is 2.19. The highest BCUT2D eigenvalue weighted by Crippen LogP contribution is 2.05. The van der Waals surface area contributed by atoms with Crippen molar-refractivity contribution in [1.29, 1.82) is 0 Å². The number of carbonyl (C=O) groups excluding carboxylic acids is 2. The van der Waals surface area contributed by atoms with Crippen LogP contribution >= 0.6 is 0 Å². The summed E-state index contributed by atoms with van der Waals surface area (Å²) < 4.78 is 15.0. The molecule has 0 fully saturated rings. The van der Waals surface area contributed by atoms with Gasteiger partial charge in [-0.2, -0.15) is 0 Å². The van der Waals surface area contributed by atoms with Crippen molar-refractivity contribution in [2.24, 2.45) is 22.9 Å². The number of alkyl carbamates (subject to hydrolysis) is 2. The van der Waals surface area contributed by atoms with Gasteiger partial charge in [-0.1, -0.05) is 19.3 Å². The Morgan fingerprint density at radius 2 is 1.06 bits per heavy atom. The lowest BCUT2D eigenvalue weighted by molar-refractivity contribution is 0.0762. The Bertz CT molecular complexity index is 556. The van der Waals surface area contributed by atoms with Crippen LogP contribution in [0, 0.1) is 0 Å². The lowest BCUT2D eigenvalue weighted by atomic mass is 10.1. The van der Waals surface area contributed by atoms with Crippen LogP contribution < -0.4 is 33.6 Å². The summed E-state index contributed by atoms with van der Waals surface area (Å²) in [5, 5.41) is 14.0. The quantitative estimate of drug-likeness (QED) is 0.0706. The lowest BCUT2D eigenvalue weighted by Gasteiger charge is -2.21. The van der Waals surface area contributed by atoms with Crippen LogP contribution in [0.3, 0.4) is 0 Å². The summed E-state index contributed by atoms with van der Waals surface area (Å²) in [5.74, 6) is 0. The third-order valence-electron chi connectivity index (χ3n) is 4.94. The molecule has 0 aliphatic rings. The molecule has 0 aliphatic carbocycles. The first kappa shape index (κ1) is 31.6. The number of hydrogen-bond donors (Lipinski definition) is 7. The minimum atomic E-state index is -1.43. The Morgan fingerprint density at radius 1 is 0.647 bits per heavy atom. The van der Waals surface area contributed by atoms with Crippen molar-refractivity contribution in [2.75, 3.05) is 39.5 Å². The SMILES string of the molecule is NCCCC[C@@H](N)COC(=O)N[C@@H](CCCCN)COC(=O)N[C@@H](CCCCN)COC(=O)O. The second-order valence-corrected chi connectivity index (χ2v) is 8.07. The summed E-state index contributed by atoms with van der Waals surface area (Å²) in [4.78, 5) is 35.1. The molecule has 13 nitrogen and oxygen atoms in total. The van der Waals surface area contributed by atoms with Gasteiger partial charge in [-0.05, 0) is 58.2 Å². The Labute approximate surface area is 201 Å². The Balaban J connectivity index is 4.61. The number of amides is 2. The maximum atomic E-state index is 12.2. The first-order chi connectivity index (χ1) is 16.3. The first-order valence-electron chi connectivity index (χ1n) is 11.9. The van der Waals surface area contributed by atoms with Gasteiger partial charge in [-0.25, -0.2) is 14.4 Å². The molecule has 0 bridgehead atoms. The number of nitrogens with one attached hydrogen (secondary N) is 2. The van der Waals surface area contributed by atoms with Gasteiger partial charge < -0.3 is 52.9 Å². The molecule has 34 heavy (non-hydrogen) atoms. The summed E-state index contributed by atoms with van der Waals surface area (Å²) in [6, 6.07) is -1.31. The molecule has 2 amide bonds. The van der Waals surface area contributed by atoms with E-state index in [2.05, 4.69) is 15.4 Å². The predicted molar refractivity (Wildman–Crippen MR) is 127 cm³/mol. The molecule has 3 atom stereocenters. The van der Waals surface area contributed by atoms with Gasteiger partial charge in [0.15, 0.2) is 0 Å². The zero-order valence-electron chi connectivity index (χ0n) is 20.0. The van der Waals surface area contributed by atoms with E-state index in [4.69, 9.17) is 37.5 Å². The zero-order chi connectivity index (χ0) is 25.6. The molecule has 0 aromatic carbocycles. The number of hydrogen-bond acceptors (Lipinski definition) is 10. The minimum Gasteiger partial charge on any atom is -0.450 e. The van der Waals surface area contributed by atoms with Crippen LogP contribution in [0.25, 0.3) is 0 Å². The Morgan fingerprint density at radius 3 is 1.50 bits per heavy atom. The Hall–Kier alpha value is -2.35. The van der Waals surface area contributed by atoms with Crippen LogP contribution in [0.15, 0.2) is 0 Å². The smallest absolute Gasteiger partial charge is 0.450 e. The van der Waals surface area contributed by atoms with Crippen LogP contribution in [-0.2, 0) is 14.2 Å². The van der Waals surface area contributed by atoms with Crippen molar-refractivity contribution in [1.82, 2.24) is 10.6 Å². The average Bonchev–Trinajstić information content (AvgIpc) is 2.79. The normalized spacial score (nSPS) is 13.4. The van der Waals surface area contributed by atoms with Crippen molar-refractivity contribution in [3.05, 3.63) is 0 Å². The molecule has 11 N–H and O–H groups in total. The van der Waals surface area contributed by atoms with E-state index in [0.29, 0.717) is 45.3 Å². The van der Waals surface area contributed by atoms with Gasteiger partial charge >= 0.3 is 18.3 Å². The maximum absolute atomic E-state index is 12.2. The van der Waals surface area contributed by atoms with Crippen LogP contribution in [0.1, 0.15) is 57.8 Å². The van der Waals surface area contributed by atoms with Gasteiger partial charge in [0.1, 0.15) is 19.8 Å². The van der Waals surface area contributed by atoms with Crippen LogP contribution in [-0.4, -0.2) is 81.0 Å². The predicted octanol–water partition coefficient (Wildman–Crippen LogP) is 0.585. The number of ether oxygens (including phenoxy) is 3. The second kappa shape index (κ2) is 21.2. The molecule has 0 heterocycles. The summed E-state index contributed by atoms with van der Waals surface area (Å²) in [5.41, 5.74) is 22.4. The molecule has 0 spiro atoms. The molecule has 200 valence electrons. The van der Waals surface area contributed by atoms with Crippen molar-refractivity contribution < 1.29 is 33.7 Å². The molecular weight excluding hydrogens is 448 g/mol. The summed E-state index contributed by atoms with van der Waals surface area (Å²) >= 11 is 0. The maximum Gasteiger partial charge on any atom is 0.505 e. The topological polar surface area (TPSA) is 227 Å². The molecule has 0 rings (SSSR count). The van der Waals surface area contributed by atoms with Gasteiger partial charge in [0.25, 0.3) is 0 Å². The van der Waals surface area contributed by atoms with Crippen molar-refractivity contribution in [3.63, 3.8) is 0 Å². The fourth-order valence-corrected chi connectivity index (χ4v) is 3.05. The largest absolute Gasteiger partial charge is 0.505 e.